The minimum absolute atomic E-state index is 0.781. The average molecular weight is 240 g/mol. The first-order chi connectivity index (χ1) is 7.76. The second kappa shape index (κ2) is 7.33. The fraction of sp³-hybridized carbons (Fsp3) is 0.636. The van der Waals surface area contributed by atoms with Crippen LogP contribution in [0.1, 0.15) is 25.6 Å². The van der Waals surface area contributed by atoms with Crippen LogP contribution in [0.25, 0.3) is 0 Å². The van der Waals surface area contributed by atoms with Gasteiger partial charge in [0.25, 0.3) is 0 Å². The molecule has 0 aliphatic carbocycles. The standard InChI is InChI=1S/C11H20N4S/c1-3-4-5-12-10-8-11(13-6-7-16)15-9(2)14-10/h8,16H,3-7H2,1-2H3,(H2,12,13,14,15). The van der Waals surface area contributed by atoms with Crippen LogP contribution in [0.15, 0.2) is 6.07 Å². The first kappa shape index (κ1) is 13.1. The number of nitrogens with one attached hydrogen (secondary N) is 2. The highest BCUT2D eigenvalue weighted by molar-refractivity contribution is 7.80. The Kier molecular flexibility index (Phi) is 6.00. The van der Waals surface area contributed by atoms with Crippen molar-refractivity contribution in [3.63, 3.8) is 0 Å². The smallest absolute Gasteiger partial charge is 0.131 e. The maximum Gasteiger partial charge on any atom is 0.131 e. The molecule has 90 valence electrons. The topological polar surface area (TPSA) is 49.8 Å². The molecule has 0 spiro atoms. The van der Waals surface area contributed by atoms with E-state index >= 15 is 0 Å². The van der Waals surface area contributed by atoms with Gasteiger partial charge in [-0.25, -0.2) is 9.97 Å². The molecule has 0 aromatic carbocycles. The summed E-state index contributed by atoms with van der Waals surface area (Å²) in [5.41, 5.74) is 0. The summed E-state index contributed by atoms with van der Waals surface area (Å²) in [4.78, 5) is 8.64. The van der Waals surface area contributed by atoms with Gasteiger partial charge in [-0.2, -0.15) is 12.6 Å². The van der Waals surface area contributed by atoms with Crippen LogP contribution in [0.2, 0.25) is 0 Å². The maximum atomic E-state index is 4.33. The molecule has 0 saturated heterocycles. The van der Waals surface area contributed by atoms with E-state index in [-0.39, 0.29) is 0 Å². The molecular formula is C11H20N4S. The zero-order valence-corrected chi connectivity index (χ0v) is 10.8. The second-order valence-electron chi connectivity index (χ2n) is 3.62. The molecule has 1 heterocycles. The van der Waals surface area contributed by atoms with Crippen molar-refractivity contribution in [3.8, 4) is 0 Å². The van der Waals surface area contributed by atoms with Crippen molar-refractivity contribution in [1.29, 1.82) is 0 Å². The number of rotatable bonds is 7. The summed E-state index contributed by atoms with van der Waals surface area (Å²) in [6.07, 6.45) is 2.34. The Balaban J connectivity index is 2.58. The van der Waals surface area contributed by atoms with Gasteiger partial charge in [0.05, 0.1) is 0 Å². The number of hydrogen-bond acceptors (Lipinski definition) is 5. The SMILES string of the molecule is CCCCNc1cc(NCCS)nc(C)n1. The summed E-state index contributed by atoms with van der Waals surface area (Å²) >= 11 is 4.15. The molecule has 2 N–H and O–H groups in total. The van der Waals surface area contributed by atoms with Gasteiger partial charge < -0.3 is 10.6 Å². The molecule has 0 atom stereocenters. The van der Waals surface area contributed by atoms with Gasteiger partial charge in [-0.1, -0.05) is 13.3 Å². The van der Waals surface area contributed by atoms with Crippen molar-refractivity contribution >= 4 is 24.3 Å². The molecular weight excluding hydrogens is 220 g/mol. The summed E-state index contributed by atoms with van der Waals surface area (Å²) in [7, 11) is 0. The van der Waals surface area contributed by atoms with E-state index in [4.69, 9.17) is 0 Å². The number of aromatic nitrogens is 2. The Labute approximate surface area is 103 Å². The van der Waals surface area contributed by atoms with Crippen molar-refractivity contribution in [2.45, 2.75) is 26.7 Å². The molecule has 4 nitrogen and oxygen atoms in total. The minimum atomic E-state index is 0.781. The molecule has 0 bridgehead atoms. The van der Waals surface area contributed by atoms with Gasteiger partial charge in [0.1, 0.15) is 17.5 Å². The Morgan fingerprint density at radius 3 is 2.38 bits per heavy atom. The molecule has 0 saturated carbocycles. The van der Waals surface area contributed by atoms with E-state index in [1.54, 1.807) is 0 Å². The summed E-state index contributed by atoms with van der Waals surface area (Å²) in [5.74, 6) is 3.33. The Morgan fingerprint density at radius 2 is 1.81 bits per heavy atom. The van der Waals surface area contributed by atoms with Crippen molar-refractivity contribution in [3.05, 3.63) is 11.9 Å². The zero-order valence-electron chi connectivity index (χ0n) is 9.95. The highest BCUT2D eigenvalue weighted by Crippen LogP contribution is 2.10. The number of nitrogens with zero attached hydrogens (tertiary/aromatic N) is 2. The lowest BCUT2D eigenvalue weighted by atomic mass is 10.3. The normalized spacial score (nSPS) is 10.2. The van der Waals surface area contributed by atoms with Crippen LogP contribution in [-0.4, -0.2) is 28.8 Å². The highest BCUT2D eigenvalue weighted by Gasteiger charge is 2.00. The van der Waals surface area contributed by atoms with E-state index in [0.717, 1.165) is 42.7 Å². The van der Waals surface area contributed by atoms with Crippen LogP contribution in [0.5, 0.6) is 0 Å². The fourth-order valence-corrected chi connectivity index (χ4v) is 1.44. The van der Waals surface area contributed by atoms with Gasteiger partial charge in [0.15, 0.2) is 0 Å². The van der Waals surface area contributed by atoms with Crippen molar-refractivity contribution in [2.24, 2.45) is 0 Å². The fourth-order valence-electron chi connectivity index (χ4n) is 1.33. The predicted octanol–water partition coefficient (Wildman–Crippen LogP) is 2.34. The van der Waals surface area contributed by atoms with Crippen LogP contribution in [0.4, 0.5) is 11.6 Å². The summed E-state index contributed by atoms with van der Waals surface area (Å²) in [6, 6.07) is 1.94. The van der Waals surface area contributed by atoms with E-state index in [9.17, 15) is 0 Å². The lowest BCUT2D eigenvalue weighted by Gasteiger charge is -2.09. The van der Waals surface area contributed by atoms with Crippen LogP contribution >= 0.6 is 12.6 Å². The van der Waals surface area contributed by atoms with E-state index in [1.807, 2.05) is 13.0 Å². The summed E-state index contributed by atoms with van der Waals surface area (Å²) < 4.78 is 0. The highest BCUT2D eigenvalue weighted by atomic mass is 32.1. The first-order valence-corrected chi connectivity index (χ1v) is 6.33. The Bertz CT molecular complexity index is 317. The van der Waals surface area contributed by atoms with Crippen LogP contribution in [0.3, 0.4) is 0 Å². The Hall–Kier alpha value is -0.970. The predicted molar refractivity (Wildman–Crippen MR) is 72.5 cm³/mol. The number of hydrogen-bond donors (Lipinski definition) is 3. The largest absolute Gasteiger partial charge is 0.370 e. The molecule has 1 aromatic heterocycles. The molecule has 1 rings (SSSR count). The van der Waals surface area contributed by atoms with Crippen molar-refractivity contribution in [1.82, 2.24) is 9.97 Å². The van der Waals surface area contributed by atoms with Crippen LogP contribution < -0.4 is 10.6 Å². The molecule has 0 aliphatic heterocycles. The quantitative estimate of drug-likeness (QED) is 0.506. The number of unbranched alkanes of at least 4 members (excludes halogenated alkanes) is 1. The van der Waals surface area contributed by atoms with E-state index in [2.05, 4.69) is 40.2 Å². The lowest BCUT2D eigenvalue weighted by molar-refractivity contribution is 0.829. The molecule has 1 aromatic rings. The molecule has 5 heteroatoms. The minimum Gasteiger partial charge on any atom is -0.370 e. The lowest BCUT2D eigenvalue weighted by Crippen LogP contribution is -2.09. The van der Waals surface area contributed by atoms with E-state index in [0.29, 0.717) is 0 Å². The van der Waals surface area contributed by atoms with Gasteiger partial charge in [0, 0.05) is 24.9 Å². The first-order valence-electron chi connectivity index (χ1n) is 5.70. The average Bonchev–Trinajstić information content (AvgIpc) is 2.26. The molecule has 0 aliphatic rings. The number of thiol groups is 1. The van der Waals surface area contributed by atoms with E-state index in [1.165, 1.54) is 6.42 Å². The van der Waals surface area contributed by atoms with Crippen LogP contribution in [-0.2, 0) is 0 Å². The second-order valence-corrected chi connectivity index (χ2v) is 4.06. The van der Waals surface area contributed by atoms with Gasteiger partial charge in [-0.15, -0.1) is 0 Å². The Morgan fingerprint density at radius 1 is 1.19 bits per heavy atom. The van der Waals surface area contributed by atoms with Gasteiger partial charge >= 0.3 is 0 Å². The third-order valence-corrected chi connectivity index (χ3v) is 2.32. The van der Waals surface area contributed by atoms with Crippen molar-refractivity contribution in [2.75, 3.05) is 29.5 Å². The molecule has 0 unspecified atom stereocenters. The van der Waals surface area contributed by atoms with Gasteiger partial charge in [-0.3, -0.25) is 0 Å². The molecule has 0 radical (unpaired) electrons. The molecule has 16 heavy (non-hydrogen) atoms. The van der Waals surface area contributed by atoms with Crippen LogP contribution in [0, 0.1) is 6.92 Å². The molecule has 0 amide bonds. The third kappa shape index (κ3) is 4.70. The zero-order chi connectivity index (χ0) is 11.8. The number of anilines is 2. The summed E-state index contributed by atoms with van der Waals surface area (Å²) in [6.45, 7) is 5.84. The maximum absolute atomic E-state index is 4.33. The number of aryl methyl sites for hydroxylation is 1. The van der Waals surface area contributed by atoms with Gasteiger partial charge in [-0.05, 0) is 13.3 Å². The van der Waals surface area contributed by atoms with Gasteiger partial charge in [0.2, 0.25) is 0 Å². The van der Waals surface area contributed by atoms with E-state index < -0.39 is 0 Å². The van der Waals surface area contributed by atoms with Crippen molar-refractivity contribution < 1.29 is 0 Å². The third-order valence-electron chi connectivity index (χ3n) is 2.09. The molecule has 0 fully saturated rings. The monoisotopic (exact) mass is 240 g/mol. The summed E-state index contributed by atoms with van der Waals surface area (Å²) in [5, 5.41) is 6.49.